The summed E-state index contributed by atoms with van der Waals surface area (Å²) in [5.74, 6) is -1.92. The van der Waals surface area contributed by atoms with Gasteiger partial charge in [0.05, 0.1) is 11.8 Å². The van der Waals surface area contributed by atoms with Crippen LogP contribution in [0.25, 0.3) is 0 Å². The lowest BCUT2D eigenvalue weighted by Gasteiger charge is -2.45. The summed E-state index contributed by atoms with van der Waals surface area (Å²) in [6.07, 6.45) is 0.419. The third-order valence-corrected chi connectivity index (χ3v) is 8.62. The zero-order valence-corrected chi connectivity index (χ0v) is 22.3. The molecule has 3 aliphatic carbocycles. The van der Waals surface area contributed by atoms with E-state index < -0.39 is 17.9 Å². The smallest absolute Gasteiger partial charge is 0.247 e. The van der Waals surface area contributed by atoms with Gasteiger partial charge in [-0.05, 0) is 81.4 Å². The highest BCUT2D eigenvalue weighted by molar-refractivity contribution is 14.1. The molecule has 2 bridgehead atoms. The van der Waals surface area contributed by atoms with Crippen molar-refractivity contribution >= 4 is 46.0 Å². The molecular formula is C30H27IN2O3. The molecule has 1 N–H and O–H groups in total. The van der Waals surface area contributed by atoms with Gasteiger partial charge in [-0.1, -0.05) is 62.4 Å². The number of imide groups is 1. The highest BCUT2D eigenvalue weighted by Crippen LogP contribution is 2.61. The summed E-state index contributed by atoms with van der Waals surface area (Å²) in [5.41, 5.74) is 5.19. The first-order chi connectivity index (χ1) is 17.4. The van der Waals surface area contributed by atoms with E-state index in [0.717, 1.165) is 25.8 Å². The van der Waals surface area contributed by atoms with Crippen LogP contribution in [0.1, 0.15) is 54.4 Å². The standard InChI is InChI=1S/C30H27IN2O3/c1-16(2)15-23(28(34)32-18-13-11-17(31)12-14-18)33-29(35)26-24-19-7-3-4-8-20(19)25(27(26)30(33)36)22-10-6-5-9-21(22)24/h3-14,16,23-27H,15H2,1-2H3,(H,32,34)/t23-,24?,25?,26-,27+/m1/s1. The van der Waals surface area contributed by atoms with E-state index >= 15 is 0 Å². The molecule has 0 aromatic heterocycles. The number of benzene rings is 3. The summed E-state index contributed by atoms with van der Waals surface area (Å²) < 4.78 is 1.06. The molecular weight excluding hydrogens is 563 g/mol. The van der Waals surface area contributed by atoms with Gasteiger partial charge in [-0.3, -0.25) is 19.3 Å². The molecule has 5 nitrogen and oxygen atoms in total. The fourth-order valence-corrected chi connectivity index (χ4v) is 6.90. The van der Waals surface area contributed by atoms with Gasteiger partial charge in [0.15, 0.2) is 0 Å². The minimum atomic E-state index is -0.847. The summed E-state index contributed by atoms with van der Waals surface area (Å²) in [4.78, 5) is 43.1. The van der Waals surface area contributed by atoms with E-state index in [1.165, 1.54) is 4.90 Å². The van der Waals surface area contributed by atoms with E-state index in [1.54, 1.807) is 0 Å². The molecule has 3 amide bonds. The molecule has 1 fully saturated rings. The second-order valence-electron chi connectivity index (χ2n) is 10.5. The zero-order chi connectivity index (χ0) is 25.1. The first-order valence-electron chi connectivity index (χ1n) is 12.5. The van der Waals surface area contributed by atoms with E-state index in [1.807, 2.05) is 62.4 Å². The quantitative estimate of drug-likeness (QED) is 0.314. The van der Waals surface area contributed by atoms with Gasteiger partial charge in [-0.15, -0.1) is 0 Å². The molecule has 182 valence electrons. The summed E-state index contributed by atoms with van der Waals surface area (Å²) in [5, 5.41) is 2.96. The number of anilines is 1. The Morgan fingerprint density at radius 1 is 0.806 bits per heavy atom. The number of rotatable bonds is 5. The second kappa shape index (κ2) is 8.83. The number of hydrogen-bond donors (Lipinski definition) is 1. The van der Waals surface area contributed by atoms with Crippen molar-refractivity contribution in [3.05, 3.63) is 98.6 Å². The number of carbonyl (C=O) groups excluding carboxylic acids is 3. The van der Waals surface area contributed by atoms with Crippen molar-refractivity contribution in [2.75, 3.05) is 5.32 Å². The summed E-state index contributed by atoms with van der Waals surface area (Å²) in [6.45, 7) is 4.03. The molecule has 3 aromatic rings. The maximum atomic E-state index is 14.1. The number of hydrogen-bond acceptors (Lipinski definition) is 3. The molecule has 1 aliphatic heterocycles. The molecule has 7 rings (SSSR count). The van der Waals surface area contributed by atoms with Crippen LogP contribution >= 0.6 is 22.6 Å². The van der Waals surface area contributed by atoms with Gasteiger partial charge in [0, 0.05) is 21.1 Å². The lowest BCUT2D eigenvalue weighted by molar-refractivity contribution is -0.147. The molecule has 3 aromatic carbocycles. The van der Waals surface area contributed by atoms with Gasteiger partial charge >= 0.3 is 0 Å². The fourth-order valence-electron chi connectivity index (χ4n) is 6.54. The van der Waals surface area contributed by atoms with E-state index in [4.69, 9.17) is 0 Å². The number of nitrogens with one attached hydrogen (secondary N) is 1. The molecule has 4 aliphatic rings. The van der Waals surface area contributed by atoms with Gasteiger partial charge in [-0.25, -0.2) is 0 Å². The van der Waals surface area contributed by atoms with Crippen molar-refractivity contribution in [1.29, 1.82) is 0 Å². The molecule has 0 radical (unpaired) electrons. The van der Waals surface area contributed by atoms with Crippen LogP contribution in [0.4, 0.5) is 5.69 Å². The van der Waals surface area contributed by atoms with Gasteiger partial charge in [0.2, 0.25) is 17.7 Å². The van der Waals surface area contributed by atoms with E-state index in [2.05, 4.69) is 52.2 Å². The Morgan fingerprint density at radius 2 is 1.25 bits per heavy atom. The Bertz CT molecular complexity index is 1270. The van der Waals surface area contributed by atoms with Gasteiger partial charge in [0.25, 0.3) is 0 Å². The monoisotopic (exact) mass is 590 g/mol. The Labute approximate surface area is 224 Å². The lowest BCUT2D eigenvalue weighted by Crippen LogP contribution is -2.48. The Kier molecular flexibility index (Phi) is 5.74. The van der Waals surface area contributed by atoms with Crippen LogP contribution in [0.5, 0.6) is 0 Å². The normalized spacial score (nSPS) is 24.4. The van der Waals surface area contributed by atoms with Crippen LogP contribution in [0, 0.1) is 21.3 Å². The van der Waals surface area contributed by atoms with Crippen LogP contribution in [-0.4, -0.2) is 28.7 Å². The highest BCUT2D eigenvalue weighted by atomic mass is 127. The number of carbonyl (C=O) groups is 3. The zero-order valence-electron chi connectivity index (χ0n) is 20.1. The average Bonchev–Trinajstić information content (AvgIpc) is 3.14. The molecule has 0 saturated carbocycles. The van der Waals surface area contributed by atoms with Crippen molar-refractivity contribution in [3.63, 3.8) is 0 Å². The lowest BCUT2D eigenvalue weighted by atomic mass is 9.55. The van der Waals surface area contributed by atoms with Crippen LogP contribution in [0.3, 0.4) is 0 Å². The van der Waals surface area contributed by atoms with Crippen LogP contribution in [-0.2, 0) is 14.4 Å². The predicted molar refractivity (Wildman–Crippen MR) is 146 cm³/mol. The molecule has 3 atom stereocenters. The second-order valence-corrected chi connectivity index (χ2v) is 11.7. The van der Waals surface area contributed by atoms with Gasteiger partial charge in [0.1, 0.15) is 6.04 Å². The number of halogens is 1. The number of nitrogens with zero attached hydrogens (tertiary/aromatic N) is 1. The van der Waals surface area contributed by atoms with Crippen molar-refractivity contribution in [1.82, 2.24) is 4.90 Å². The Hall–Kier alpha value is -3.00. The van der Waals surface area contributed by atoms with Crippen molar-refractivity contribution in [2.24, 2.45) is 17.8 Å². The molecule has 1 heterocycles. The molecule has 0 spiro atoms. The molecule has 36 heavy (non-hydrogen) atoms. The predicted octanol–water partition coefficient (Wildman–Crippen LogP) is 5.54. The van der Waals surface area contributed by atoms with Crippen molar-refractivity contribution in [3.8, 4) is 0 Å². The number of amides is 3. The van der Waals surface area contributed by atoms with Crippen molar-refractivity contribution in [2.45, 2.75) is 38.1 Å². The Balaban J connectivity index is 1.41. The first-order valence-corrected chi connectivity index (χ1v) is 13.6. The third kappa shape index (κ3) is 3.52. The summed E-state index contributed by atoms with van der Waals surface area (Å²) in [7, 11) is 0. The molecule has 1 saturated heterocycles. The van der Waals surface area contributed by atoms with Crippen LogP contribution < -0.4 is 5.32 Å². The minimum absolute atomic E-state index is 0.131. The maximum absolute atomic E-state index is 14.1. The molecule has 6 heteroatoms. The minimum Gasteiger partial charge on any atom is -0.324 e. The van der Waals surface area contributed by atoms with Crippen LogP contribution in [0.15, 0.2) is 72.8 Å². The average molecular weight is 590 g/mol. The Morgan fingerprint density at radius 3 is 1.67 bits per heavy atom. The van der Waals surface area contributed by atoms with E-state index in [9.17, 15) is 14.4 Å². The highest BCUT2D eigenvalue weighted by Gasteiger charge is 2.63. The maximum Gasteiger partial charge on any atom is 0.247 e. The number of likely N-dealkylation sites (tertiary alicyclic amines) is 1. The first kappa shape index (κ1) is 23.4. The SMILES string of the molecule is CC(C)C[C@H](C(=O)Nc1ccc(I)cc1)N1C(=O)[C@@H]2C3c4ccccc4C(c4ccccc43)[C@@H]2C1=O. The van der Waals surface area contributed by atoms with Gasteiger partial charge in [-0.2, -0.15) is 0 Å². The fraction of sp³-hybridized carbons (Fsp3) is 0.300. The third-order valence-electron chi connectivity index (χ3n) is 7.90. The van der Waals surface area contributed by atoms with Crippen molar-refractivity contribution < 1.29 is 14.4 Å². The van der Waals surface area contributed by atoms with E-state index in [0.29, 0.717) is 12.1 Å². The summed E-state index contributed by atoms with van der Waals surface area (Å²) >= 11 is 2.21. The van der Waals surface area contributed by atoms with Gasteiger partial charge < -0.3 is 5.32 Å². The van der Waals surface area contributed by atoms with E-state index in [-0.39, 0.29) is 35.5 Å². The summed E-state index contributed by atoms with van der Waals surface area (Å²) in [6, 6.07) is 23.1. The molecule has 0 unspecified atom stereocenters. The van der Waals surface area contributed by atoms with Crippen LogP contribution in [0.2, 0.25) is 0 Å². The largest absolute Gasteiger partial charge is 0.324 e. The topological polar surface area (TPSA) is 66.5 Å².